The van der Waals surface area contributed by atoms with Gasteiger partial charge in [0.25, 0.3) is 5.91 Å². The van der Waals surface area contributed by atoms with E-state index < -0.39 is 11.7 Å². The molecule has 0 saturated carbocycles. The van der Waals surface area contributed by atoms with Crippen LogP contribution in [-0.2, 0) is 24.4 Å². The number of aromatic nitrogens is 2. The number of morpholine rings is 1. The molecule has 0 unspecified atom stereocenters. The Morgan fingerprint density at radius 3 is 2.47 bits per heavy atom. The van der Waals surface area contributed by atoms with Crippen molar-refractivity contribution in [2.45, 2.75) is 33.4 Å². The van der Waals surface area contributed by atoms with Crippen molar-refractivity contribution < 1.29 is 22.7 Å². The fraction of sp³-hybridized carbons (Fsp3) is 0.417. The number of hydrogen-bond acceptors (Lipinski definition) is 3. The zero-order valence-corrected chi connectivity index (χ0v) is 18.6. The van der Waals surface area contributed by atoms with Gasteiger partial charge in [-0.05, 0) is 55.7 Å². The molecule has 1 aliphatic rings. The number of benzene rings is 1. The maximum absolute atomic E-state index is 13.3. The highest BCUT2D eigenvalue weighted by Gasteiger charge is 2.31. The number of alkyl halides is 3. The van der Waals surface area contributed by atoms with Gasteiger partial charge in [0.1, 0.15) is 0 Å². The molecule has 5 nitrogen and oxygen atoms in total. The zero-order valence-electron chi connectivity index (χ0n) is 18.6. The monoisotopic (exact) mass is 445 g/mol. The lowest BCUT2D eigenvalue weighted by molar-refractivity contribution is -0.137. The predicted molar refractivity (Wildman–Crippen MR) is 116 cm³/mol. The number of nitrogens with zero attached hydrogens (tertiary/aromatic N) is 3. The molecule has 8 heteroatoms. The first-order valence-corrected chi connectivity index (χ1v) is 10.6. The van der Waals surface area contributed by atoms with E-state index in [4.69, 9.17) is 4.74 Å². The summed E-state index contributed by atoms with van der Waals surface area (Å²) in [6, 6.07) is 4.31. The number of fused-ring (bicyclic) bond motifs is 1. The van der Waals surface area contributed by atoms with Gasteiger partial charge in [0.2, 0.25) is 0 Å². The van der Waals surface area contributed by atoms with Crippen LogP contribution in [-0.4, -0.2) is 46.7 Å². The zero-order chi connectivity index (χ0) is 23.2. The SMILES string of the molecule is Cc1ncc(C(=O)N2CCOCC2)c(C)c1Cc1cc2c(C)cc(C(F)(F)F)cc2n1C. The van der Waals surface area contributed by atoms with Crippen LogP contribution >= 0.6 is 0 Å². The number of rotatable bonds is 3. The predicted octanol–water partition coefficient (Wildman–Crippen LogP) is 4.58. The summed E-state index contributed by atoms with van der Waals surface area (Å²) in [7, 11) is 1.78. The molecule has 0 N–H and O–H groups in total. The van der Waals surface area contributed by atoms with Crippen LogP contribution in [0, 0.1) is 20.8 Å². The van der Waals surface area contributed by atoms with Gasteiger partial charge in [0.05, 0.1) is 24.3 Å². The number of carbonyl (C=O) groups is 1. The van der Waals surface area contributed by atoms with Crippen molar-refractivity contribution in [1.29, 1.82) is 0 Å². The highest BCUT2D eigenvalue weighted by atomic mass is 19.4. The van der Waals surface area contributed by atoms with E-state index >= 15 is 0 Å². The summed E-state index contributed by atoms with van der Waals surface area (Å²) in [5.74, 6) is -0.0674. The normalized spacial score (nSPS) is 14.9. The Kier molecular flexibility index (Phi) is 5.75. The molecule has 0 aliphatic carbocycles. The quantitative estimate of drug-likeness (QED) is 0.593. The summed E-state index contributed by atoms with van der Waals surface area (Å²) in [5.41, 5.74) is 4.47. The second-order valence-corrected chi connectivity index (χ2v) is 8.36. The summed E-state index contributed by atoms with van der Waals surface area (Å²) >= 11 is 0. The molecular formula is C24H26F3N3O2. The number of amides is 1. The van der Waals surface area contributed by atoms with Crippen LogP contribution < -0.4 is 0 Å². The third-order valence-electron chi connectivity index (χ3n) is 6.36. The molecule has 1 amide bonds. The minimum absolute atomic E-state index is 0.0674. The molecule has 32 heavy (non-hydrogen) atoms. The van der Waals surface area contributed by atoms with Gasteiger partial charge in [-0.3, -0.25) is 9.78 Å². The summed E-state index contributed by atoms with van der Waals surface area (Å²) in [5, 5.41) is 0.791. The van der Waals surface area contributed by atoms with Crippen LogP contribution in [0.5, 0.6) is 0 Å². The smallest absolute Gasteiger partial charge is 0.378 e. The van der Waals surface area contributed by atoms with Crippen molar-refractivity contribution >= 4 is 16.8 Å². The van der Waals surface area contributed by atoms with Crippen LogP contribution in [0.3, 0.4) is 0 Å². The Balaban J connectivity index is 1.73. The average Bonchev–Trinajstić information content (AvgIpc) is 3.07. The molecule has 0 spiro atoms. The minimum Gasteiger partial charge on any atom is -0.378 e. The number of carbonyl (C=O) groups excluding carboxylic acids is 1. The van der Waals surface area contributed by atoms with Crippen molar-refractivity contribution in [3.05, 3.63) is 63.6 Å². The average molecular weight is 445 g/mol. The Hall–Kier alpha value is -2.87. The van der Waals surface area contributed by atoms with Crippen molar-refractivity contribution in [3.63, 3.8) is 0 Å². The van der Waals surface area contributed by atoms with Crippen LogP contribution in [0.15, 0.2) is 24.4 Å². The molecule has 1 aliphatic heterocycles. The second kappa shape index (κ2) is 8.24. The molecule has 3 aromatic rings. The van der Waals surface area contributed by atoms with E-state index in [0.717, 1.165) is 27.9 Å². The van der Waals surface area contributed by atoms with E-state index in [1.165, 1.54) is 12.1 Å². The van der Waals surface area contributed by atoms with E-state index in [2.05, 4.69) is 4.98 Å². The van der Waals surface area contributed by atoms with E-state index in [-0.39, 0.29) is 5.91 Å². The summed E-state index contributed by atoms with van der Waals surface area (Å²) in [4.78, 5) is 19.3. The summed E-state index contributed by atoms with van der Waals surface area (Å²) < 4.78 is 47.0. The number of halogens is 3. The first kappa shape index (κ1) is 22.3. The maximum Gasteiger partial charge on any atom is 0.416 e. The highest BCUT2D eigenvalue weighted by molar-refractivity contribution is 5.96. The lowest BCUT2D eigenvalue weighted by atomic mass is 9.97. The van der Waals surface area contributed by atoms with Gasteiger partial charge in [-0.15, -0.1) is 0 Å². The Morgan fingerprint density at radius 2 is 1.81 bits per heavy atom. The van der Waals surface area contributed by atoms with Crippen molar-refractivity contribution in [1.82, 2.24) is 14.5 Å². The fourth-order valence-electron chi connectivity index (χ4n) is 4.36. The molecule has 4 rings (SSSR count). The standard InChI is InChI=1S/C24H26F3N3O2/c1-14-9-17(24(25,26)27)10-22-19(14)11-18(29(22)4)12-20-15(2)21(13-28-16(20)3)23(31)30-5-7-32-8-6-30/h9-11,13H,5-8,12H2,1-4H3. The lowest BCUT2D eigenvalue weighted by Gasteiger charge is -2.27. The van der Waals surface area contributed by atoms with Crippen molar-refractivity contribution in [2.75, 3.05) is 26.3 Å². The van der Waals surface area contributed by atoms with Crippen LogP contribution in [0.2, 0.25) is 0 Å². The maximum atomic E-state index is 13.3. The van der Waals surface area contributed by atoms with Gasteiger partial charge in [-0.1, -0.05) is 0 Å². The van der Waals surface area contributed by atoms with E-state index in [1.54, 1.807) is 29.6 Å². The largest absolute Gasteiger partial charge is 0.416 e. The van der Waals surface area contributed by atoms with E-state index in [0.29, 0.717) is 49.4 Å². The molecular weight excluding hydrogens is 419 g/mol. The fourth-order valence-corrected chi connectivity index (χ4v) is 4.36. The number of ether oxygens (including phenoxy) is 1. The second-order valence-electron chi connectivity index (χ2n) is 8.36. The van der Waals surface area contributed by atoms with Crippen LogP contribution in [0.25, 0.3) is 10.9 Å². The Labute approximate surface area is 184 Å². The Morgan fingerprint density at radius 1 is 1.12 bits per heavy atom. The third kappa shape index (κ3) is 3.99. The molecule has 0 bridgehead atoms. The molecule has 170 valence electrons. The van der Waals surface area contributed by atoms with Gasteiger partial charge in [-0.2, -0.15) is 13.2 Å². The van der Waals surface area contributed by atoms with Gasteiger partial charge in [0, 0.05) is 55.0 Å². The minimum atomic E-state index is -4.39. The lowest BCUT2D eigenvalue weighted by Crippen LogP contribution is -2.41. The van der Waals surface area contributed by atoms with Crippen molar-refractivity contribution in [2.24, 2.45) is 7.05 Å². The molecule has 1 aromatic carbocycles. The number of pyridine rings is 1. The molecule has 1 fully saturated rings. The first-order chi connectivity index (χ1) is 15.1. The molecule has 0 radical (unpaired) electrons. The molecule has 1 saturated heterocycles. The summed E-state index contributed by atoms with van der Waals surface area (Å²) in [6.45, 7) is 7.63. The van der Waals surface area contributed by atoms with Gasteiger partial charge >= 0.3 is 6.18 Å². The van der Waals surface area contributed by atoms with Gasteiger partial charge in [-0.25, -0.2) is 0 Å². The Bertz CT molecular complexity index is 1190. The molecule has 2 aromatic heterocycles. The summed E-state index contributed by atoms with van der Waals surface area (Å²) in [6.07, 6.45) is -2.30. The highest BCUT2D eigenvalue weighted by Crippen LogP contribution is 2.34. The van der Waals surface area contributed by atoms with Crippen LogP contribution in [0.4, 0.5) is 13.2 Å². The topological polar surface area (TPSA) is 47.4 Å². The van der Waals surface area contributed by atoms with E-state index in [1.807, 2.05) is 19.9 Å². The van der Waals surface area contributed by atoms with Crippen molar-refractivity contribution in [3.8, 4) is 0 Å². The first-order valence-electron chi connectivity index (χ1n) is 10.6. The van der Waals surface area contributed by atoms with Crippen LogP contribution in [0.1, 0.15) is 44.0 Å². The molecule has 0 atom stereocenters. The molecule has 3 heterocycles. The number of aryl methyl sites for hydroxylation is 3. The van der Waals surface area contributed by atoms with Gasteiger partial charge < -0.3 is 14.2 Å². The van der Waals surface area contributed by atoms with Gasteiger partial charge in [0.15, 0.2) is 0 Å². The number of hydrogen-bond donors (Lipinski definition) is 0. The van der Waals surface area contributed by atoms with E-state index in [9.17, 15) is 18.0 Å². The third-order valence-corrected chi connectivity index (χ3v) is 6.36.